The van der Waals surface area contributed by atoms with Crippen molar-refractivity contribution in [2.45, 2.75) is 19.3 Å². The zero-order valence-corrected chi connectivity index (χ0v) is 8.69. The predicted molar refractivity (Wildman–Crippen MR) is 57.3 cm³/mol. The highest BCUT2D eigenvalue weighted by Crippen LogP contribution is 1.89. The van der Waals surface area contributed by atoms with E-state index in [4.69, 9.17) is 23.2 Å². The van der Waals surface area contributed by atoms with E-state index in [0.29, 0.717) is 30.8 Å². The Morgan fingerprint density at radius 1 is 1.50 bits per heavy atom. The Labute approximate surface area is 88.6 Å². The molecule has 14 heavy (non-hydrogen) atoms. The number of nitriles is 1. The van der Waals surface area contributed by atoms with Crippen molar-refractivity contribution >= 4 is 23.0 Å². The van der Waals surface area contributed by atoms with Gasteiger partial charge in [0, 0.05) is 19.5 Å². The summed E-state index contributed by atoms with van der Waals surface area (Å²) in [5, 5.41) is 8.35. The molecule has 5 nitrogen and oxygen atoms in total. The van der Waals surface area contributed by atoms with Gasteiger partial charge in [0.05, 0.1) is 4.86 Å². The lowest BCUT2D eigenvalue weighted by Crippen LogP contribution is -2.38. The summed E-state index contributed by atoms with van der Waals surface area (Å²) in [6.45, 7) is 0.935. The Bertz CT molecular complexity index is 236. The zero-order valence-electron chi connectivity index (χ0n) is 7.88. The molecule has 0 aromatic carbocycles. The maximum Gasteiger partial charge on any atom is 0.235 e. The molecule has 0 aromatic heterocycles. The smallest absolute Gasteiger partial charge is 0.235 e. The van der Waals surface area contributed by atoms with Gasteiger partial charge in [-0.15, -0.1) is 0 Å². The van der Waals surface area contributed by atoms with Crippen molar-refractivity contribution in [3.8, 4) is 6.07 Å². The van der Waals surface area contributed by atoms with Gasteiger partial charge >= 0.3 is 0 Å². The summed E-state index contributed by atoms with van der Waals surface area (Å²) in [6, 6.07) is 1.88. The van der Waals surface area contributed by atoms with Crippen molar-refractivity contribution in [1.82, 2.24) is 10.9 Å². The Hall–Kier alpha value is -1.03. The number of hydrogen-bond acceptors (Lipinski definition) is 5. The molecule has 0 unspecified atom stereocenters. The monoisotopic (exact) mass is 214 g/mol. The predicted octanol–water partition coefficient (Wildman–Crippen LogP) is -0.370. The topological polar surface area (TPSA) is 90.9 Å². The Morgan fingerprint density at radius 2 is 2.21 bits per heavy atom. The zero-order chi connectivity index (χ0) is 10.8. The van der Waals surface area contributed by atoms with Crippen LogP contribution < -0.4 is 16.6 Å². The molecular formula is C8H14N4OS. The molecule has 0 radical (unpaired) electrons. The summed E-state index contributed by atoms with van der Waals surface area (Å²) in [5.74, 6) is -0.129. The highest BCUT2D eigenvalue weighted by molar-refractivity contribution is 7.80. The molecule has 78 valence electrons. The van der Waals surface area contributed by atoms with Crippen molar-refractivity contribution in [2.24, 2.45) is 5.73 Å². The third-order valence-corrected chi connectivity index (χ3v) is 1.72. The van der Waals surface area contributed by atoms with E-state index < -0.39 is 0 Å². The lowest BCUT2D eigenvalue weighted by Gasteiger charge is -2.05. The summed E-state index contributed by atoms with van der Waals surface area (Å²) in [6.07, 6.45) is 1.62. The molecule has 0 aliphatic heterocycles. The van der Waals surface area contributed by atoms with Crippen LogP contribution in [0.5, 0.6) is 0 Å². The lowest BCUT2D eigenvalue weighted by molar-refractivity contribution is -0.121. The molecule has 0 saturated heterocycles. The van der Waals surface area contributed by atoms with Crippen LogP contribution in [-0.2, 0) is 4.79 Å². The maximum atomic E-state index is 10.9. The second-order valence-corrected chi connectivity index (χ2v) is 3.14. The van der Waals surface area contributed by atoms with Crippen LogP contribution in [0.4, 0.5) is 0 Å². The molecule has 0 spiro atoms. The molecule has 0 fully saturated rings. The van der Waals surface area contributed by atoms with E-state index in [0.717, 1.165) is 6.42 Å². The summed E-state index contributed by atoms with van der Waals surface area (Å²) in [7, 11) is 0. The molecule has 0 heterocycles. The molecule has 0 saturated carbocycles. The first-order valence-corrected chi connectivity index (χ1v) is 4.76. The minimum absolute atomic E-state index is 0.129. The van der Waals surface area contributed by atoms with E-state index in [-0.39, 0.29) is 5.91 Å². The standard InChI is InChI=1S/C8H14N4OS/c9-4-3-8(13)12-11-5-1-2-7(14)6-10/h11H,1-5,9H2,(H,12,13). The number of hydrazine groups is 1. The molecule has 0 atom stereocenters. The largest absolute Gasteiger partial charge is 0.330 e. The summed E-state index contributed by atoms with van der Waals surface area (Å²) < 4.78 is 0. The first-order chi connectivity index (χ1) is 6.70. The lowest BCUT2D eigenvalue weighted by atomic mass is 10.2. The number of thiocarbonyl (C=S) groups is 1. The minimum atomic E-state index is -0.129. The van der Waals surface area contributed by atoms with Crippen LogP contribution in [0, 0.1) is 11.3 Å². The van der Waals surface area contributed by atoms with E-state index in [1.54, 1.807) is 0 Å². The highest BCUT2D eigenvalue weighted by atomic mass is 32.1. The van der Waals surface area contributed by atoms with E-state index >= 15 is 0 Å². The van der Waals surface area contributed by atoms with Crippen LogP contribution in [0.25, 0.3) is 0 Å². The van der Waals surface area contributed by atoms with Gasteiger partial charge in [-0.25, -0.2) is 5.43 Å². The van der Waals surface area contributed by atoms with Crippen molar-refractivity contribution in [3.05, 3.63) is 0 Å². The molecule has 0 aliphatic carbocycles. The van der Waals surface area contributed by atoms with Gasteiger partial charge in [0.15, 0.2) is 0 Å². The Morgan fingerprint density at radius 3 is 2.79 bits per heavy atom. The van der Waals surface area contributed by atoms with Gasteiger partial charge in [0.2, 0.25) is 5.91 Å². The second kappa shape index (κ2) is 8.56. The SMILES string of the molecule is N#CC(=S)CCCNNC(=O)CCN. The maximum absolute atomic E-state index is 10.9. The molecule has 0 rings (SSSR count). The average Bonchev–Trinajstić information content (AvgIpc) is 2.17. The third-order valence-electron chi connectivity index (χ3n) is 1.43. The van der Waals surface area contributed by atoms with Crippen molar-refractivity contribution < 1.29 is 4.79 Å². The fourth-order valence-corrected chi connectivity index (χ4v) is 0.892. The number of hydrogen-bond donors (Lipinski definition) is 3. The summed E-state index contributed by atoms with van der Waals surface area (Å²) >= 11 is 4.71. The number of amides is 1. The molecule has 0 aliphatic rings. The summed E-state index contributed by atoms with van der Waals surface area (Å²) in [5.41, 5.74) is 10.4. The number of nitrogens with one attached hydrogen (secondary N) is 2. The highest BCUT2D eigenvalue weighted by Gasteiger charge is 1.97. The first-order valence-electron chi connectivity index (χ1n) is 4.35. The normalized spacial score (nSPS) is 9.14. The molecular weight excluding hydrogens is 200 g/mol. The van der Waals surface area contributed by atoms with E-state index in [1.807, 2.05) is 6.07 Å². The number of nitrogens with two attached hydrogens (primary N) is 1. The van der Waals surface area contributed by atoms with Gasteiger partial charge < -0.3 is 5.73 Å². The number of carbonyl (C=O) groups excluding carboxylic acids is 1. The first kappa shape index (κ1) is 13.0. The Kier molecular flexibility index (Phi) is 7.93. The number of nitrogens with zero attached hydrogens (tertiary/aromatic N) is 1. The van der Waals surface area contributed by atoms with Crippen LogP contribution in [0.2, 0.25) is 0 Å². The van der Waals surface area contributed by atoms with Gasteiger partial charge in [0.1, 0.15) is 6.07 Å². The quantitative estimate of drug-likeness (QED) is 0.305. The van der Waals surface area contributed by atoms with Crippen LogP contribution in [0.3, 0.4) is 0 Å². The summed E-state index contributed by atoms with van der Waals surface area (Å²) in [4.78, 5) is 11.3. The molecule has 4 N–H and O–H groups in total. The molecule has 1 amide bonds. The van der Waals surface area contributed by atoms with Gasteiger partial charge in [-0.3, -0.25) is 10.2 Å². The van der Waals surface area contributed by atoms with E-state index in [9.17, 15) is 4.79 Å². The fourth-order valence-electron chi connectivity index (χ4n) is 0.748. The van der Waals surface area contributed by atoms with Crippen molar-refractivity contribution in [1.29, 1.82) is 5.26 Å². The van der Waals surface area contributed by atoms with Crippen LogP contribution >= 0.6 is 12.2 Å². The molecule has 0 bridgehead atoms. The molecule has 6 heteroatoms. The average molecular weight is 214 g/mol. The second-order valence-electron chi connectivity index (χ2n) is 2.65. The van der Waals surface area contributed by atoms with Crippen LogP contribution in [0.15, 0.2) is 0 Å². The van der Waals surface area contributed by atoms with Crippen LogP contribution in [-0.4, -0.2) is 23.9 Å². The fraction of sp³-hybridized carbons (Fsp3) is 0.625. The number of rotatable bonds is 7. The molecule has 0 aromatic rings. The van der Waals surface area contributed by atoms with Crippen molar-refractivity contribution in [3.63, 3.8) is 0 Å². The van der Waals surface area contributed by atoms with Crippen molar-refractivity contribution in [2.75, 3.05) is 13.1 Å². The number of carbonyl (C=O) groups is 1. The van der Waals surface area contributed by atoms with Gasteiger partial charge in [-0.05, 0) is 12.8 Å². The Balaban J connectivity index is 3.26. The van der Waals surface area contributed by atoms with E-state index in [2.05, 4.69) is 10.9 Å². The van der Waals surface area contributed by atoms with Gasteiger partial charge in [-0.2, -0.15) is 5.26 Å². The van der Waals surface area contributed by atoms with E-state index in [1.165, 1.54) is 0 Å². The van der Waals surface area contributed by atoms with Crippen LogP contribution in [0.1, 0.15) is 19.3 Å². The minimum Gasteiger partial charge on any atom is -0.330 e. The van der Waals surface area contributed by atoms with Gasteiger partial charge in [-0.1, -0.05) is 12.2 Å². The van der Waals surface area contributed by atoms with Gasteiger partial charge in [0.25, 0.3) is 0 Å². The third kappa shape index (κ3) is 7.61.